The predicted octanol–water partition coefficient (Wildman–Crippen LogP) is 2.91. The van der Waals surface area contributed by atoms with Crippen LogP contribution in [0.4, 0.5) is 11.4 Å². The van der Waals surface area contributed by atoms with Gasteiger partial charge >= 0.3 is 0 Å². The number of sulfone groups is 1. The molecule has 5 aromatic rings. The van der Waals surface area contributed by atoms with E-state index in [4.69, 9.17) is 4.74 Å². The van der Waals surface area contributed by atoms with E-state index in [1.54, 1.807) is 30.7 Å². The van der Waals surface area contributed by atoms with Crippen molar-refractivity contribution in [3.63, 3.8) is 0 Å². The van der Waals surface area contributed by atoms with Crippen LogP contribution >= 0.6 is 0 Å². The average molecular weight is 504 g/mol. The second-order valence-electron chi connectivity index (χ2n) is 8.87. The molecule has 0 unspecified atom stereocenters. The summed E-state index contributed by atoms with van der Waals surface area (Å²) >= 11 is 0. The summed E-state index contributed by atoms with van der Waals surface area (Å²) in [6.45, 7) is 3.62. The van der Waals surface area contributed by atoms with E-state index in [0.717, 1.165) is 65.4 Å². The maximum Gasteiger partial charge on any atom is 0.178 e. The quantitative estimate of drug-likeness (QED) is 0.377. The summed E-state index contributed by atoms with van der Waals surface area (Å²) in [5.74, 6) is 0.728. The smallest absolute Gasteiger partial charge is 0.178 e. The van der Waals surface area contributed by atoms with Crippen molar-refractivity contribution in [3.8, 4) is 5.75 Å². The lowest BCUT2D eigenvalue weighted by Gasteiger charge is -2.37. The van der Waals surface area contributed by atoms with Crippen molar-refractivity contribution in [1.82, 2.24) is 24.8 Å². The molecule has 1 aromatic carbocycles. The Bertz CT molecular complexity index is 1620. The molecule has 1 aliphatic heterocycles. The molecule has 5 heterocycles. The summed E-state index contributed by atoms with van der Waals surface area (Å²) in [5.41, 5.74) is 4.81. The van der Waals surface area contributed by atoms with Gasteiger partial charge in [0.15, 0.2) is 15.5 Å². The number of aromatic nitrogens is 5. The maximum absolute atomic E-state index is 11.8. The average Bonchev–Trinajstić information content (AvgIpc) is 3.49. The SMILES string of the molecule is CS(=O)(=O)c1ccc(N2CCN(c3cc(OCc4ccncc4)cn4nc5[nH]ncc5c34)CC2)cc1. The Balaban J connectivity index is 1.26. The summed E-state index contributed by atoms with van der Waals surface area (Å²) in [6, 6.07) is 13.0. The van der Waals surface area contributed by atoms with Gasteiger partial charge in [-0.2, -0.15) is 5.10 Å². The number of H-pyrrole nitrogens is 1. The number of pyridine rings is 2. The lowest BCUT2D eigenvalue weighted by Crippen LogP contribution is -2.46. The number of fused-ring (bicyclic) bond motifs is 3. The highest BCUT2D eigenvalue weighted by Gasteiger charge is 2.23. The van der Waals surface area contributed by atoms with Gasteiger partial charge in [0.25, 0.3) is 0 Å². The van der Waals surface area contributed by atoms with Crippen LogP contribution in [0.2, 0.25) is 0 Å². The minimum Gasteiger partial charge on any atom is -0.487 e. The van der Waals surface area contributed by atoms with Crippen LogP contribution in [0.25, 0.3) is 16.6 Å². The molecule has 0 spiro atoms. The van der Waals surface area contributed by atoms with Crippen molar-refractivity contribution in [3.05, 3.63) is 72.8 Å². The third-order valence-corrected chi connectivity index (χ3v) is 7.62. The Morgan fingerprint density at radius 2 is 1.72 bits per heavy atom. The van der Waals surface area contributed by atoms with Gasteiger partial charge in [-0.15, -0.1) is 5.10 Å². The van der Waals surface area contributed by atoms with Crippen LogP contribution in [0.1, 0.15) is 5.56 Å². The van der Waals surface area contributed by atoms with Crippen LogP contribution in [0.3, 0.4) is 0 Å². The van der Waals surface area contributed by atoms with Crippen LogP contribution in [0.15, 0.2) is 72.1 Å². The maximum atomic E-state index is 11.8. The molecule has 6 rings (SSSR count). The number of nitrogens with zero attached hydrogens (tertiary/aromatic N) is 6. The molecule has 184 valence electrons. The number of nitrogens with one attached hydrogen (secondary N) is 1. The Morgan fingerprint density at radius 1 is 1.00 bits per heavy atom. The molecule has 10 nitrogen and oxygen atoms in total. The highest BCUT2D eigenvalue weighted by molar-refractivity contribution is 7.90. The third kappa shape index (κ3) is 4.22. The van der Waals surface area contributed by atoms with Gasteiger partial charge in [-0.25, -0.2) is 12.9 Å². The summed E-state index contributed by atoms with van der Waals surface area (Å²) in [4.78, 5) is 9.00. The van der Waals surface area contributed by atoms with E-state index in [2.05, 4.69) is 36.1 Å². The number of anilines is 2. The molecule has 0 amide bonds. The van der Waals surface area contributed by atoms with Crippen LogP contribution in [0, 0.1) is 0 Å². The Kier molecular flexibility index (Phi) is 5.48. The highest BCUT2D eigenvalue weighted by Crippen LogP contribution is 2.33. The van der Waals surface area contributed by atoms with Crippen molar-refractivity contribution in [2.75, 3.05) is 42.2 Å². The van der Waals surface area contributed by atoms with Gasteiger partial charge in [-0.3, -0.25) is 10.1 Å². The number of benzene rings is 1. The van der Waals surface area contributed by atoms with E-state index in [9.17, 15) is 8.42 Å². The molecule has 0 bridgehead atoms. The molecule has 1 N–H and O–H groups in total. The van der Waals surface area contributed by atoms with Gasteiger partial charge in [0, 0.05) is 56.6 Å². The molecule has 0 radical (unpaired) electrons. The second kappa shape index (κ2) is 8.83. The Hall–Kier alpha value is -4.12. The van der Waals surface area contributed by atoms with E-state index in [0.29, 0.717) is 11.5 Å². The number of piperazine rings is 1. The van der Waals surface area contributed by atoms with E-state index >= 15 is 0 Å². The van der Waals surface area contributed by atoms with Crippen LogP contribution < -0.4 is 14.5 Å². The number of aromatic amines is 1. The fourth-order valence-electron chi connectivity index (χ4n) is 4.60. The zero-order valence-corrected chi connectivity index (χ0v) is 20.5. The topological polar surface area (TPSA) is 109 Å². The molecule has 0 aliphatic carbocycles. The lowest BCUT2D eigenvalue weighted by molar-refractivity contribution is 0.304. The van der Waals surface area contributed by atoms with E-state index in [-0.39, 0.29) is 0 Å². The lowest BCUT2D eigenvalue weighted by atomic mass is 10.2. The van der Waals surface area contributed by atoms with Crippen LogP contribution in [-0.2, 0) is 16.4 Å². The van der Waals surface area contributed by atoms with Crippen molar-refractivity contribution in [2.45, 2.75) is 11.5 Å². The molecule has 4 aromatic heterocycles. The summed E-state index contributed by atoms with van der Waals surface area (Å²) in [6.07, 6.45) is 8.44. The van der Waals surface area contributed by atoms with Crippen molar-refractivity contribution in [2.24, 2.45) is 0 Å². The minimum absolute atomic E-state index is 0.334. The zero-order valence-electron chi connectivity index (χ0n) is 19.7. The number of rotatable bonds is 6. The normalized spacial score (nSPS) is 14.6. The number of hydrogen-bond donors (Lipinski definition) is 1. The molecule has 0 atom stereocenters. The van der Waals surface area contributed by atoms with E-state index in [1.807, 2.05) is 35.0 Å². The standard InChI is InChI=1S/C25H25N7O3S/c1-36(33,34)21-4-2-19(3-5-21)30-10-12-31(13-11-30)23-14-20(35-17-18-6-8-26-9-7-18)16-32-24(23)22-15-27-28-25(22)29-32/h2-9,14-16H,10-13,17H2,1H3,(H,28,29). The third-order valence-electron chi connectivity index (χ3n) is 6.49. The van der Waals surface area contributed by atoms with Gasteiger partial charge < -0.3 is 14.5 Å². The molecule has 11 heteroatoms. The fraction of sp³-hybridized carbons (Fsp3) is 0.240. The highest BCUT2D eigenvalue weighted by atomic mass is 32.2. The number of ether oxygens (including phenoxy) is 1. The van der Waals surface area contributed by atoms with Crippen molar-refractivity contribution >= 4 is 37.8 Å². The molecule has 1 fully saturated rings. The monoisotopic (exact) mass is 503 g/mol. The van der Waals surface area contributed by atoms with Gasteiger partial charge in [0.05, 0.1) is 28.4 Å². The molecule has 1 aliphatic rings. The van der Waals surface area contributed by atoms with Gasteiger partial charge in [0.1, 0.15) is 17.9 Å². The molecular formula is C25H25N7O3S. The van der Waals surface area contributed by atoms with Gasteiger partial charge in [-0.05, 0) is 42.0 Å². The Morgan fingerprint density at radius 3 is 2.44 bits per heavy atom. The summed E-state index contributed by atoms with van der Waals surface area (Å²) in [7, 11) is -3.21. The summed E-state index contributed by atoms with van der Waals surface area (Å²) in [5, 5.41) is 12.7. The summed E-state index contributed by atoms with van der Waals surface area (Å²) < 4.78 is 31.6. The first kappa shape index (κ1) is 22.4. The van der Waals surface area contributed by atoms with Gasteiger partial charge in [0.2, 0.25) is 0 Å². The van der Waals surface area contributed by atoms with Crippen molar-refractivity contribution in [1.29, 1.82) is 0 Å². The van der Waals surface area contributed by atoms with E-state index < -0.39 is 9.84 Å². The Labute approximate surface area is 208 Å². The van der Waals surface area contributed by atoms with Crippen molar-refractivity contribution < 1.29 is 13.2 Å². The zero-order chi connectivity index (χ0) is 24.7. The first-order valence-corrected chi connectivity index (χ1v) is 13.5. The largest absolute Gasteiger partial charge is 0.487 e. The van der Waals surface area contributed by atoms with Gasteiger partial charge in [-0.1, -0.05) is 0 Å². The molecule has 0 saturated carbocycles. The fourth-order valence-corrected chi connectivity index (χ4v) is 5.23. The first-order chi connectivity index (χ1) is 17.5. The number of hydrogen-bond acceptors (Lipinski definition) is 8. The molecule has 36 heavy (non-hydrogen) atoms. The first-order valence-electron chi connectivity index (χ1n) is 11.6. The molecule has 1 saturated heterocycles. The van der Waals surface area contributed by atoms with E-state index in [1.165, 1.54) is 6.26 Å². The van der Waals surface area contributed by atoms with Crippen LogP contribution in [0.5, 0.6) is 5.75 Å². The second-order valence-corrected chi connectivity index (χ2v) is 10.9. The minimum atomic E-state index is -3.21. The predicted molar refractivity (Wildman–Crippen MR) is 137 cm³/mol. The van der Waals surface area contributed by atoms with Crippen LogP contribution in [-0.4, -0.2) is 65.6 Å². The molecular weight excluding hydrogens is 478 g/mol.